The molecule has 0 spiro atoms. The van der Waals surface area contributed by atoms with Crippen molar-refractivity contribution in [1.82, 2.24) is 9.62 Å². The minimum atomic E-state index is -3.49. The number of carbonyl (C=O) groups is 2. The summed E-state index contributed by atoms with van der Waals surface area (Å²) in [6, 6.07) is 6.34. The molecule has 0 saturated carbocycles. The molecule has 0 aliphatic carbocycles. The average Bonchev–Trinajstić information content (AvgIpc) is 2.58. The second kappa shape index (κ2) is 9.53. The first-order chi connectivity index (χ1) is 11.7. The number of sulfonamides is 1. The van der Waals surface area contributed by atoms with Crippen LogP contribution in [0.25, 0.3) is 0 Å². The molecule has 140 valence electrons. The van der Waals surface area contributed by atoms with Gasteiger partial charge in [0.05, 0.1) is 10.8 Å². The molecule has 0 unspecified atom stereocenters. The molecule has 7 nitrogen and oxygen atoms in total. The van der Waals surface area contributed by atoms with Crippen molar-refractivity contribution in [2.24, 2.45) is 5.92 Å². The van der Waals surface area contributed by atoms with E-state index in [-0.39, 0.29) is 24.0 Å². The molecule has 1 amide bonds. The second-order valence-electron chi connectivity index (χ2n) is 5.77. The molecule has 1 rings (SSSR count). The minimum Gasteiger partial charge on any atom is -0.455 e. The first-order valence-corrected chi connectivity index (χ1v) is 9.68. The van der Waals surface area contributed by atoms with E-state index in [1.54, 1.807) is 39.8 Å². The van der Waals surface area contributed by atoms with Crippen molar-refractivity contribution in [3.05, 3.63) is 29.8 Å². The van der Waals surface area contributed by atoms with Gasteiger partial charge < -0.3 is 10.1 Å². The fourth-order valence-corrected chi connectivity index (χ4v) is 3.50. The summed E-state index contributed by atoms with van der Waals surface area (Å²) >= 11 is 0. The summed E-state index contributed by atoms with van der Waals surface area (Å²) < 4.78 is 31.0. The first kappa shape index (κ1) is 21.1. The highest BCUT2D eigenvalue weighted by Gasteiger charge is 2.21. The zero-order valence-electron chi connectivity index (χ0n) is 15.1. The molecule has 1 aromatic rings. The van der Waals surface area contributed by atoms with Gasteiger partial charge in [0.2, 0.25) is 10.0 Å². The second-order valence-corrected chi connectivity index (χ2v) is 7.71. The van der Waals surface area contributed by atoms with Gasteiger partial charge in [0.25, 0.3) is 5.91 Å². The van der Waals surface area contributed by atoms with Crippen LogP contribution in [0.15, 0.2) is 29.2 Å². The number of esters is 1. The number of carbonyl (C=O) groups excluding carboxylic acids is 2. The maximum absolute atomic E-state index is 12.4. The van der Waals surface area contributed by atoms with E-state index >= 15 is 0 Å². The zero-order valence-corrected chi connectivity index (χ0v) is 15.9. The summed E-state index contributed by atoms with van der Waals surface area (Å²) in [5.41, 5.74) is 0.752. The number of hydrogen-bond donors (Lipinski definition) is 1. The maximum atomic E-state index is 12.4. The van der Waals surface area contributed by atoms with Crippen molar-refractivity contribution in [3.8, 4) is 0 Å². The van der Waals surface area contributed by atoms with Gasteiger partial charge >= 0.3 is 5.97 Å². The topological polar surface area (TPSA) is 92.8 Å². The van der Waals surface area contributed by atoms with E-state index in [9.17, 15) is 18.0 Å². The molecule has 1 N–H and O–H groups in total. The SMILES string of the molecule is CCN(CC)S(=O)(=O)c1ccc(CNC(=O)COC(=O)C(C)C)cc1. The number of amides is 1. The molecule has 0 radical (unpaired) electrons. The predicted molar refractivity (Wildman–Crippen MR) is 94.2 cm³/mol. The number of ether oxygens (including phenoxy) is 1. The van der Waals surface area contributed by atoms with Crippen molar-refractivity contribution >= 4 is 21.9 Å². The van der Waals surface area contributed by atoms with Gasteiger partial charge in [-0.3, -0.25) is 9.59 Å². The van der Waals surface area contributed by atoms with E-state index in [0.29, 0.717) is 13.1 Å². The summed E-state index contributed by atoms with van der Waals surface area (Å²) in [6.07, 6.45) is 0. The van der Waals surface area contributed by atoms with E-state index < -0.39 is 21.9 Å². The fourth-order valence-electron chi connectivity index (χ4n) is 2.05. The molecule has 0 saturated heterocycles. The summed E-state index contributed by atoms with van der Waals surface area (Å²) in [5.74, 6) is -1.12. The normalized spacial score (nSPS) is 11.6. The molecule has 8 heteroatoms. The van der Waals surface area contributed by atoms with Gasteiger partial charge in [-0.05, 0) is 17.7 Å². The number of benzene rings is 1. The lowest BCUT2D eigenvalue weighted by Gasteiger charge is -2.18. The van der Waals surface area contributed by atoms with Crippen LogP contribution < -0.4 is 5.32 Å². The van der Waals surface area contributed by atoms with Crippen LogP contribution >= 0.6 is 0 Å². The third-order valence-corrected chi connectivity index (χ3v) is 5.64. The van der Waals surface area contributed by atoms with Gasteiger partial charge in [0, 0.05) is 19.6 Å². The van der Waals surface area contributed by atoms with Crippen LogP contribution in [0.4, 0.5) is 0 Å². The van der Waals surface area contributed by atoms with Crippen LogP contribution in [0.1, 0.15) is 33.3 Å². The first-order valence-electron chi connectivity index (χ1n) is 8.24. The Labute approximate surface area is 149 Å². The third kappa shape index (κ3) is 6.13. The molecule has 0 aliphatic rings. The molecule has 0 aliphatic heterocycles. The van der Waals surface area contributed by atoms with Gasteiger partial charge in [0.1, 0.15) is 0 Å². The highest BCUT2D eigenvalue weighted by molar-refractivity contribution is 7.89. The smallest absolute Gasteiger partial charge is 0.308 e. The molecule has 0 atom stereocenters. The van der Waals surface area contributed by atoms with Crippen molar-refractivity contribution < 1.29 is 22.7 Å². The Bertz CT molecular complexity index is 679. The number of nitrogens with zero attached hydrogens (tertiary/aromatic N) is 1. The predicted octanol–water partition coefficient (Wildman–Crippen LogP) is 1.53. The number of rotatable bonds is 9. The van der Waals surface area contributed by atoms with E-state index in [1.165, 1.54) is 16.4 Å². The number of nitrogens with one attached hydrogen (secondary N) is 1. The van der Waals surface area contributed by atoms with Crippen LogP contribution in [0.3, 0.4) is 0 Å². The summed E-state index contributed by atoms with van der Waals surface area (Å²) in [6.45, 7) is 7.67. The Balaban J connectivity index is 2.60. The Morgan fingerprint density at radius 2 is 1.68 bits per heavy atom. The van der Waals surface area contributed by atoms with E-state index in [4.69, 9.17) is 4.74 Å². The number of hydrogen-bond acceptors (Lipinski definition) is 5. The standard InChI is InChI=1S/C17H26N2O5S/c1-5-19(6-2)25(22,23)15-9-7-14(8-10-15)11-18-16(20)12-24-17(21)13(3)4/h7-10,13H,5-6,11-12H2,1-4H3,(H,18,20). The highest BCUT2D eigenvalue weighted by atomic mass is 32.2. The Hall–Kier alpha value is -1.93. The Morgan fingerprint density at radius 3 is 2.16 bits per heavy atom. The minimum absolute atomic E-state index is 0.220. The zero-order chi connectivity index (χ0) is 19.0. The summed E-state index contributed by atoms with van der Waals surface area (Å²) in [7, 11) is -3.49. The van der Waals surface area contributed by atoms with Gasteiger partial charge in [-0.15, -0.1) is 0 Å². The van der Waals surface area contributed by atoms with Gasteiger partial charge in [0.15, 0.2) is 6.61 Å². The summed E-state index contributed by atoms with van der Waals surface area (Å²) in [4.78, 5) is 23.2. The fraction of sp³-hybridized carbons (Fsp3) is 0.529. The molecular weight excluding hydrogens is 344 g/mol. The van der Waals surface area contributed by atoms with Crippen LogP contribution in [-0.2, 0) is 30.9 Å². The Morgan fingerprint density at radius 1 is 1.12 bits per heavy atom. The Kier molecular flexibility index (Phi) is 8.05. The van der Waals surface area contributed by atoms with Crippen molar-refractivity contribution in [1.29, 1.82) is 0 Å². The van der Waals surface area contributed by atoms with Crippen LogP contribution in [0, 0.1) is 5.92 Å². The van der Waals surface area contributed by atoms with Gasteiger partial charge in [-0.1, -0.05) is 39.8 Å². The third-order valence-electron chi connectivity index (χ3n) is 3.57. The van der Waals surface area contributed by atoms with Crippen molar-refractivity contribution in [2.45, 2.75) is 39.1 Å². The van der Waals surface area contributed by atoms with Crippen LogP contribution in [0.5, 0.6) is 0 Å². The lowest BCUT2D eigenvalue weighted by atomic mass is 10.2. The lowest BCUT2D eigenvalue weighted by molar-refractivity contribution is -0.151. The monoisotopic (exact) mass is 370 g/mol. The molecule has 0 bridgehead atoms. The molecule has 0 fully saturated rings. The van der Waals surface area contributed by atoms with Crippen LogP contribution in [-0.4, -0.2) is 44.3 Å². The average molecular weight is 370 g/mol. The molecular formula is C17H26N2O5S. The van der Waals surface area contributed by atoms with Crippen LogP contribution in [0.2, 0.25) is 0 Å². The molecule has 1 aromatic carbocycles. The van der Waals surface area contributed by atoms with E-state index in [1.807, 2.05) is 0 Å². The molecule has 0 heterocycles. The van der Waals surface area contributed by atoms with Gasteiger partial charge in [-0.2, -0.15) is 4.31 Å². The largest absolute Gasteiger partial charge is 0.455 e. The molecule has 25 heavy (non-hydrogen) atoms. The van der Waals surface area contributed by atoms with Gasteiger partial charge in [-0.25, -0.2) is 8.42 Å². The van der Waals surface area contributed by atoms with E-state index in [2.05, 4.69) is 5.32 Å². The van der Waals surface area contributed by atoms with Crippen molar-refractivity contribution in [2.75, 3.05) is 19.7 Å². The molecule has 0 aromatic heterocycles. The van der Waals surface area contributed by atoms with Crippen molar-refractivity contribution in [3.63, 3.8) is 0 Å². The maximum Gasteiger partial charge on any atom is 0.308 e. The van der Waals surface area contributed by atoms with E-state index in [0.717, 1.165) is 5.56 Å². The highest BCUT2D eigenvalue weighted by Crippen LogP contribution is 2.16. The summed E-state index contributed by atoms with van der Waals surface area (Å²) in [5, 5.41) is 2.62. The quantitative estimate of drug-likeness (QED) is 0.666. The lowest BCUT2D eigenvalue weighted by Crippen LogP contribution is -2.30.